The van der Waals surface area contributed by atoms with E-state index in [1.165, 1.54) is 36.4 Å². The lowest BCUT2D eigenvalue weighted by Crippen LogP contribution is -2.04. The number of ketones is 3. The molecule has 16 nitrogen and oxygen atoms in total. The topological polar surface area (TPSA) is 292 Å². The number of phenolic OH excluding ortho intramolecular Hbond substituents is 1. The van der Waals surface area contributed by atoms with E-state index in [0.717, 1.165) is 6.07 Å². The van der Waals surface area contributed by atoms with Crippen LogP contribution in [0.1, 0.15) is 82.3 Å². The van der Waals surface area contributed by atoms with E-state index in [4.69, 9.17) is 43.2 Å². The zero-order valence-corrected chi connectivity index (χ0v) is 28.7. The van der Waals surface area contributed by atoms with Gasteiger partial charge in [0.1, 0.15) is 82.1 Å². The lowest BCUT2D eigenvalue weighted by molar-refractivity contribution is 0.103. The lowest BCUT2D eigenvalue weighted by Gasteiger charge is -1.99. The Morgan fingerprint density at radius 1 is 0.439 bits per heavy atom. The maximum atomic E-state index is 13.2. The number of carbonyl (C=O) groups excluding carboxylic acids is 3. The molecule has 0 spiro atoms. The Morgan fingerprint density at radius 3 is 1.14 bits per heavy atom. The maximum absolute atomic E-state index is 13.2. The number of hydrogen-bond acceptors (Lipinski definition) is 16. The molecule has 3 aromatic heterocycles. The molecule has 0 fully saturated rings. The molecule has 0 amide bonds. The largest absolute Gasteiger partial charge is 0.508 e. The average Bonchev–Trinajstić information content (AvgIpc) is 3.77. The summed E-state index contributed by atoms with van der Waals surface area (Å²) < 4.78 is 13.2. The lowest BCUT2D eigenvalue weighted by atomic mass is 10.1. The van der Waals surface area contributed by atoms with Crippen molar-refractivity contribution in [3.8, 4) is 75.9 Å². The molecular weight excluding hydrogens is 755 g/mol. The van der Waals surface area contributed by atoms with Crippen LogP contribution in [0.2, 0.25) is 5.02 Å². The van der Waals surface area contributed by atoms with Gasteiger partial charge in [-0.15, -0.1) is 0 Å². The quantitative estimate of drug-likeness (QED) is 0.217. The molecule has 3 aliphatic carbocycles. The van der Waals surface area contributed by atoms with E-state index >= 15 is 0 Å². The normalized spacial score (nSPS) is 11.4. The number of fused-ring (bicyclic) bond motifs is 9. The SMILES string of the molecule is N#Cc1nc2c(nc1C#N)-c1ccc(Cl)cc1C2=O.N#Cc1nc2c(nc1C#N)-c1ccc(F)cc1C2=O.N#Cc1nc2c(nc1C#N)-c1ccc(O)cc1C2=O. The molecule has 9 rings (SSSR count). The van der Waals surface area contributed by atoms with Crippen molar-refractivity contribution in [2.75, 3.05) is 0 Å². The van der Waals surface area contributed by atoms with Crippen LogP contribution in [0.3, 0.4) is 0 Å². The first-order valence-corrected chi connectivity index (χ1v) is 16.1. The Balaban J connectivity index is 0.000000131. The van der Waals surface area contributed by atoms with Gasteiger partial charge in [0, 0.05) is 38.4 Å². The van der Waals surface area contributed by atoms with Crippen molar-refractivity contribution in [2.24, 2.45) is 0 Å². The van der Waals surface area contributed by atoms with Gasteiger partial charge in [-0.3, -0.25) is 14.4 Å². The third-order valence-corrected chi connectivity index (χ3v) is 8.67. The molecule has 0 saturated carbocycles. The summed E-state index contributed by atoms with van der Waals surface area (Å²) in [6, 6.07) is 23.3. The van der Waals surface area contributed by atoms with Crippen molar-refractivity contribution in [3.63, 3.8) is 0 Å². The first-order chi connectivity index (χ1) is 27.5. The summed E-state index contributed by atoms with van der Waals surface area (Å²) >= 11 is 5.85. The van der Waals surface area contributed by atoms with Crippen LogP contribution in [0.5, 0.6) is 5.75 Å². The fourth-order valence-corrected chi connectivity index (χ4v) is 6.12. The maximum Gasteiger partial charge on any atom is 0.214 e. The van der Waals surface area contributed by atoms with E-state index in [0.29, 0.717) is 33.0 Å². The van der Waals surface area contributed by atoms with Crippen molar-refractivity contribution < 1.29 is 23.9 Å². The Kier molecular flexibility index (Phi) is 8.91. The molecule has 3 heterocycles. The molecule has 0 radical (unpaired) electrons. The average molecular weight is 765 g/mol. The summed E-state index contributed by atoms with van der Waals surface area (Å²) in [5.41, 5.74) is 2.38. The van der Waals surface area contributed by atoms with Crippen LogP contribution >= 0.6 is 11.6 Å². The number of nitrogens with zero attached hydrogens (tertiary/aromatic N) is 12. The van der Waals surface area contributed by atoms with E-state index in [2.05, 4.69) is 29.9 Å². The number of phenols is 1. The van der Waals surface area contributed by atoms with Crippen molar-refractivity contribution >= 4 is 29.0 Å². The van der Waals surface area contributed by atoms with Crippen LogP contribution < -0.4 is 0 Å². The van der Waals surface area contributed by atoms with Gasteiger partial charge in [-0.1, -0.05) is 17.7 Å². The molecule has 3 aromatic carbocycles. The second kappa shape index (κ2) is 14.0. The Labute approximate surface area is 322 Å². The Bertz CT molecular complexity index is 2830. The van der Waals surface area contributed by atoms with Gasteiger partial charge in [0.25, 0.3) is 0 Å². The van der Waals surface area contributed by atoms with E-state index < -0.39 is 17.4 Å². The van der Waals surface area contributed by atoms with Gasteiger partial charge in [-0.2, -0.15) is 31.6 Å². The summed E-state index contributed by atoms with van der Waals surface area (Å²) in [4.78, 5) is 60.0. The van der Waals surface area contributed by atoms with Crippen LogP contribution in [-0.4, -0.2) is 52.4 Å². The molecular formula is C39H10ClFN12O4. The predicted octanol–water partition coefficient (Wildman–Crippen LogP) is 4.79. The Morgan fingerprint density at radius 2 is 0.754 bits per heavy atom. The van der Waals surface area contributed by atoms with Crippen LogP contribution in [0.15, 0.2) is 54.6 Å². The van der Waals surface area contributed by atoms with Gasteiger partial charge in [0.05, 0.1) is 0 Å². The molecule has 6 aromatic rings. The molecule has 57 heavy (non-hydrogen) atoms. The molecule has 0 atom stereocenters. The molecule has 0 bridgehead atoms. The van der Waals surface area contributed by atoms with Gasteiger partial charge < -0.3 is 5.11 Å². The van der Waals surface area contributed by atoms with E-state index in [1.807, 2.05) is 0 Å². The number of aromatic nitrogens is 6. The second-order valence-corrected chi connectivity index (χ2v) is 12.1. The van der Waals surface area contributed by atoms with Gasteiger partial charge in [-0.25, -0.2) is 34.3 Å². The fourth-order valence-electron chi connectivity index (χ4n) is 5.94. The minimum atomic E-state index is -0.541. The molecule has 0 aliphatic heterocycles. The van der Waals surface area contributed by atoms with Crippen molar-refractivity contribution in [2.45, 2.75) is 0 Å². The van der Waals surface area contributed by atoms with Crippen LogP contribution in [0, 0.1) is 73.8 Å². The monoisotopic (exact) mass is 764 g/mol. The summed E-state index contributed by atoms with van der Waals surface area (Å²) in [5, 5.41) is 63.2. The third kappa shape index (κ3) is 5.96. The van der Waals surface area contributed by atoms with Gasteiger partial charge in [0.2, 0.25) is 17.3 Å². The highest BCUT2D eigenvalue weighted by Gasteiger charge is 2.34. The number of benzene rings is 3. The zero-order valence-electron chi connectivity index (χ0n) is 28.0. The number of aromatic hydroxyl groups is 1. The highest BCUT2D eigenvalue weighted by atomic mass is 35.5. The number of hydrogen-bond donors (Lipinski definition) is 1. The number of carbonyl (C=O) groups is 3. The van der Waals surface area contributed by atoms with Crippen molar-refractivity contribution in [3.05, 3.63) is 133 Å². The molecule has 0 saturated heterocycles. The summed E-state index contributed by atoms with van der Waals surface area (Å²) in [6.07, 6.45) is 0. The van der Waals surface area contributed by atoms with E-state index in [-0.39, 0.29) is 85.3 Å². The van der Waals surface area contributed by atoms with Crippen molar-refractivity contribution in [1.82, 2.24) is 29.9 Å². The summed E-state index contributed by atoms with van der Waals surface area (Å²) in [6.45, 7) is 0. The van der Waals surface area contributed by atoms with Crippen LogP contribution in [-0.2, 0) is 0 Å². The standard InChI is InChI=1S/C13H3ClN4O.C13H3FN4O.C13H4N4O2/c2*14-6-1-2-7-8(3-6)13(19)12-11(7)17-9(4-15)10(5-16)18-12;14-4-9-10(5-15)17-12-11(16-9)7-2-1-6(18)3-8(7)13(12)19/h2*1-3H;1-3,18H. The van der Waals surface area contributed by atoms with E-state index in [9.17, 15) is 23.9 Å². The molecule has 0 unspecified atom stereocenters. The minimum Gasteiger partial charge on any atom is -0.508 e. The van der Waals surface area contributed by atoms with Crippen LogP contribution in [0.25, 0.3) is 33.8 Å². The molecule has 1 N–H and O–H groups in total. The van der Waals surface area contributed by atoms with Gasteiger partial charge >= 0.3 is 0 Å². The van der Waals surface area contributed by atoms with Gasteiger partial charge in [0.15, 0.2) is 34.2 Å². The van der Waals surface area contributed by atoms with Gasteiger partial charge in [-0.05, 0) is 48.5 Å². The number of rotatable bonds is 0. The first kappa shape index (κ1) is 36.2. The molecule has 18 heteroatoms. The van der Waals surface area contributed by atoms with Crippen molar-refractivity contribution in [1.29, 1.82) is 31.6 Å². The predicted molar refractivity (Wildman–Crippen MR) is 188 cm³/mol. The number of halogens is 2. The fraction of sp³-hybridized carbons (Fsp3) is 0. The Hall–Kier alpha value is -9.13. The summed E-state index contributed by atoms with van der Waals surface area (Å²) in [7, 11) is 0. The van der Waals surface area contributed by atoms with Crippen LogP contribution in [0.4, 0.5) is 4.39 Å². The smallest absolute Gasteiger partial charge is 0.214 e. The highest BCUT2D eigenvalue weighted by Crippen LogP contribution is 2.38. The van der Waals surface area contributed by atoms with E-state index in [1.54, 1.807) is 48.5 Å². The minimum absolute atomic E-state index is 0.0175. The summed E-state index contributed by atoms with van der Waals surface area (Å²) in [5.74, 6) is -1.81. The highest BCUT2D eigenvalue weighted by molar-refractivity contribution is 6.32. The zero-order chi connectivity index (χ0) is 40.7. The molecule has 264 valence electrons. The second-order valence-electron chi connectivity index (χ2n) is 11.6. The molecule has 3 aliphatic rings. The third-order valence-electron chi connectivity index (χ3n) is 8.43. The number of nitriles is 6. The first-order valence-electron chi connectivity index (χ1n) is 15.7.